The average Bonchev–Trinajstić information content (AvgIpc) is 3.00. The molecule has 0 amide bonds. The van der Waals surface area contributed by atoms with Crippen molar-refractivity contribution in [2.24, 2.45) is 0 Å². The summed E-state index contributed by atoms with van der Waals surface area (Å²) in [6.45, 7) is 4.38. The lowest BCUT2D eigenvalue weighted by molar-refractivity contribution is 0.0517. The average molecular weight is 345 g/mol. The summed E-state index contributed by atoms with van der Waals surface area (Å²) >= 11 is 0. The molecule has 1 aromatic carbocycles. The maximum atomic E-state index is 12.6. The van der Waals surface area contributed by atoms with Gasteiger partial charge < -0.3 is 19.2 Å². The van der Waals surface area contributed by atoms with Gasteiger partial charge in [-0.15, -0.1) is 0 Å². The fourth-order valence-electron chi connectivity index (χ4n) is 2.62. The minimum Gasteiger partial charge on any atom is -0.462 e. The van der Waals surface area contributed by atoms with Crippen LogP contribution in [0.15, 0.2) is 30.3 Å². The van der Waals surface area contributed by atoms with Crippen molar-refractivity contribution in [1.29, 1.82) is 0 Å². The molecule has 1 heterocycles. The number of carbonyl (C=O) groups excluding carboxylic acids is 2. The largest absolute Gasteiger partial charge is 0.462 e. The molecule has 0 aliphatic rings. The molecule has 0 saturated carbocycles. The normalized spacial score (nSPS) is 10.5. The fraction of sp³-hybridized carbons (Fsp3) is 0.368. The van der Waals surface area contributed by atoms with Crippen LogP contribution in [0.4, 0.5) is 0 Å². The van der Waals surface area contributed by atoms with Gasteiger partial charge in [-0.3, -0.25) is 0 Å². The lowest BCUT2D eigenvalue weighted by Gasteiger charge is -2.08. The monoisotopic (exact) mass is 345 g/mol. The van der Waals surface area contributed by atoms with Gasteiger partial charge in [0, 0.05) is 24.8 Å². The summed E-state index contributed by atoms with van der Waals surface area (Å²) in [5.74, 6) is -0.977. The van der Waals surface area contributed by atoms with E-state index in [1.165, 1.54) is 0 Å². The molecule has 0 saturated heterocycles. The molecule has 0 unspecified atom stereocenters. The second kappa shape index (κ2) is 9.03. The quantitative estimate of drug-likeness (QED) is 0.743. The molecule has 0 radical (unpaired) electrons. The van der Waals surface area contributed by atoms with Gasteiger partial charge in [-0.05, 0) is 19.4 Å². The van der Waals surface area contributed by atoms with Crippen LogP contribution in [-0.2, 0) is 20.6 Å². The number of hydrogen-bond donors (Lipinski definition) is 1. The molecule has 1 aromatic heterocycles. The Balaban J connectivity index is 2.66. The Kier molecular flexibility index (Phi) is 6.77. The van der Waals surface area contributed by atoms with Crippen LogP contribution in [0.5, 0.6) is 0 Å². The number of benzene rings is 1. The zero-order valence-corrected chi connectivity index (χ0v) is 14.8. The van der Waals surface area contributed by atoms with Crippen molar-refractivity contribution < 1.29 is 23.8 Å². The van der Waals surface area contributed by atoms with Crippen molar-refractivity contribution in [3.63, 3.8) is 0 Å². The van der Waals surface area contributed by atoms with E-state index >= 15 is 0 Å². The van der Waals surface area contributed by atoms with E-state index in [2.05, 4.69) is 4.98 Å². The van der Waals surface area contributed by atoms with Crippen molar-refractivity contribution in [2.75, 3.05) is 26.9 Å². The number of H-pyrrole nitrogens is 1. The molecule has 6 nitrogen and oxygen atoms in total. The number of carbonyl (C=O) groups is 2. The summed E-state index contributed by atoms with van der Waals surface area (Å²) in [6, 6.07) is 9.25. The molecule has 2 rings (SSSR count). The van der Waals surface area contributed by atoms with Crippen molar-refractivity contribution in [1.82, 2.24) is 4.98 Å². The molecule has 0 fully saturated rings. The summed E-state index contributed by atoms with van der Waals surface area (Å²) in [7, 11) is 1.58. The fourth-order valence-corrected chi connectivity index (χ4v) is 2.62. The first-order valence-electron chi connectivity index (χ1n) is 8.27. The van der Waals surface area contributed by atoms with Gasteiger partial charge >= 0.3 is 11.9 Å². The van der Waals surface area contributed by atoms with Crippen LogP contribution in [0.25, 0.3) is 11.1 Å². The molecule has 0 aliphatic carbocycles. The van der Waals surface area contributed by atoms with Gasteiger partial charge in [0.15, 0.2) is 0 Å². The van der Waals surface area contributed by atoms with E-state index in [1.54, 1.807) is 21.0 Å². The molecule has 134 valence electrons. The standard InChI is InChI=1S/C19H23NO5/c1-4-24-18(21)16-14(11-12-23-3)20-17(19(22)25-5-2)15(16)13-9-7-6-8-10-13/h6-10,20H,4-5,11-12H2,1-3H3. The lowest BCUT2D eigenvalue weighted by Crippen LogP contribution is -2.10. The van der Waals surface area contributed by atoms with Gasteiger partial charge in [0.2, 0.25) is 0 Å². The van der Waals surface area contributed by atoms with Crippen molar-refractivity contribution >= 4 is 11.9 Å². The Hall–Kier alpha value is -2.60. The van der Waals surface area contributed by atoms with E-state index in [9.17, 15) is 9.59 Å². The third kappa shape index (κ3) is 4.28. The predicted octanol–water partition coefficient (Wildman–Crippen LogP) is 3.22. The number of methoxy groups -OCH3 is 1. The Morgan fingerprint density at radius 1 is 1.00 bits per heavy atom. The Morgan fingerprint density at radius 2 is 1.64 bits per heavy atom. The number of aromatic amines is 1. The highest BCUT2D eigenvalue weighted by molar-refractivity contribution is 6.06. The first-order chi connectivity index (χ1) is 12.1. The van der Waals surface area contributed by atoms with E-state index in [4.69, 9.17) is 14.2 Å². The van der Waals surface area contributed by atoms with Crippen LogP contribution >= 0.6 is 0 Å². The van der Waals surface area contributed by atoms with E-state index in [0.717, 1.165) is 5.56 Å². The minimum atomic E-state index is -0.504. The van der Waals surface area contributed by atoms with Crippen molar-refractivity contribution in [3.8, 4) is 11.1 Å². The van der Waals surface area contributed by atoms with Gasteiger partial charge in [0.25, 0.3) is 0 Å². The molecule has 6 heteroatoms. The van der Waals surface area contributed by atoms with Gasteiger partial charge in [-0.2, -0.15) is 0 Å². The summed E-state index contributed by atoms with van der Waals surface area (Å²) in [5.41, 5.74) is 2.45. The van der Waals surface area contributed by atoms with Crippen LogP contribution < -0.4 is 0 Å². The SMILES string of the molecule is CCOC(=O)c1[nH]c(CCOC)c(C(=O)OCC)c1-c1ccccc1. The summed E-state index contributed by atoms with van der Waals surface area (Å²) in [4.78, 5) is 28.1. The molecule has 0 atom stereocenters. The van der Waals surface area contributed by atoms with Crippen molar-refractivity contribution in [2.45, 2.75) is 20.3 Å². The maximum absolute atomic E-state index is 12.6. The number of nitrogens with one attached hydrogen (secondary N) is 1. The highest BCUT2D eigenvalue weighted by Gasteiger charge is 2.28. The summed E-state index contributed by atoms with van der Waals surface area (Å²) in [6.07, 6.45) is 0.448. The molecular weight excluding hydrogens is 322 g/mol. The second-order valence-electron chi connectivity index (χ2n) is 5.28. The zero-order valence-electron chi connectivity index (χ0n) is 14.8. The molecule has 0 spiro atoms. The Bertz CT molecular complexity index is 721. The first kappa shape index (κ1) is 18.7. The van der Waals surface area contributed by atoms with Crippen LogP contribution in [-0.4, -0.2) is 43.9 Å². The number of hydrogen-bond acceptors (Lipinski definition) is 5. The molecule has 25 heavy (non-hydrogen) atoms. The topological polar surface area (TPSA) is 77.6 Å². The maximum Gasteiger partial charge on any atom is 0.355 e. The predicted molar refractivity (Wildman–Crippen MR) is 93.7 cm³/mol. The van der Waals surface area contributed by atoms with E-state index in [0.29, 0.717) is 29.8 Å². The van der Waals surface area contributed by atoms with Gasteiger partial charge in [-0.1, -0.05) is 30.3 Å². The summed E-state index contributed by atoms with van der Waals surface area (Å²) < 4.78 is 15.5. The number of rotatable bonds is 8. The Labute approximate surface area is 147 Å². The van der Waals surface area contributed by atoms with E-state index in [1.807, 2.05) is 30.3 Å². The molecule has 1 N–H and O–H groups in total. The summed E-state index contributed by atoms with van der Waals surface area (Å²) in [5, 5.41) is 0. The first-order valence-corrected chi connectivity index (χ1v) is 8.27. The van der Waals surface area contributed by atoms with Crippen LogP contribution in [0.2, 0.25) is 0 Å². The van der Waals surface area contributed by atoms with Crippen LogP contribution in [0.1, 0.15) is 40.4 Å². The van der Waals surface area contributed by atoms with Crippen molar-refractivity contribution in [3.05, 3.63) is 47.3 Å². The number of aromatic nitrogens is 1. The molecular formula is C19H23NO5. The van der Waals surface area contributed by atoms with Gasteiger partial charge in [0.1, 0.15) is 5.69 Å². The third-order valence-corrected chi connectivity index (χ3v) is 3.66. The lowest BCUT2D eigenvalue weighted by atomic mass is 9.99. The van der Waals surface area contributed by atoms with Crippen LogP contribution in [0.3, 0.4) is 0 Å². The Morgan fingerprint density at radius 3 is 2.24 bits per heavy atom. The molecule has 0 bridgehead atoms. The smallest absolute Gasteiger partial charge is 0.355 e. The highest BCUT2D eigenvalue weighted by Crippen LogP contribution is 2.32. The van der Waals surface area contributed by atoms with E-state index < -0.39 is 11.9 Å². The van der Waals surface area contributed by atoms with E-state index in [-0.39, 0.29) is 18.9 Å². The van der Waals surface area contributed by atoms with Gasteiger partial charge in [-0.25, -0.2) is 9.59 Å². The third-order valence-electron chi connectivity index (χ3n) is 3.66. The van der Waals surface area contributed by atoms with Crippen LogP contribution in [0, 0.1) is 0 Å². The van der Waals surface area contributed by atoms with Gasteiger partial charge in [0.05, 0.1) is 25.4 Å². The highest BCUT2D eigenvalue weighted by atomic mass is 16.5. The number of ether oxygens (including phenoxy) is 3. The zero-order chi connectivity index (χ0) is 18.2. The second-order valence-corrected chi connectivity index (χ2v) is 5.28. The molecule has 0 aliphatic heterocycles. The molecule has 2 aromatic rings. The number of esters is 2. The minimum absolute atomic E-state index is 0.244.